The van der Waals surface area contributed by atoms with E-state index in [1.54, 1.807) is 0 Å². The molecule has 1 fully saturated rings. The van der Waals surface area contributed by atoms with Crippen LogP contribution < -0.4 is 5.73 Å². The van der Waals surface area contributed by atoms with E-state index in [0.29, 0.717) is 13.0 Å². The predicted molar refractivity (Wildman–Crippen MR) is 66.5 cm³/mol. The molecule has 1 aromatic rings. The highest BCUT2D eigenvalue weighted by molar-refractivity contribution is 8.01. The summed E-state index contributed by atoms with van der Waals surface area (Å²) in [7, 11) is -2.84. The number of hydrogen-bond acceptors (Lipinski definition) is 6. The van der Waals surface area contributed by atoms with Crippen molar-refractivity contribution in [1.29, 1.82) is 0 Å². The van der Waals surface area contributed by atoms with Crippen LogP contribution in [0.25, 0.3) is 0 Å². The van der Waals surface area contributed by atoms with Gasteiger partial charge in [-0.1, -0.05) is 11.8 Å². The van der Waals surface area contributed by atoms with Crippen LogP contribution in [0.15, 0.2) is 5.16 Å². The number of nitrogens with zero attached hydrogens (tertiary/aromatic N) is 3. The van der Waals surface area contributed by atoms with Crippen LogP contribution in [-0.2, 0) is 22.9 Å². The average Bonchev–Trinajstić information content (AvgIpc) is 2.82. The lowest BCUT2D eigenvalue weighted by Gasteiger charge is -2.08. The predicted octanol–water partition coefficient (Wildman–Crippen LogP) is 0.0359. The molecular weight excluding hydrogens is 260 g/mol. The summed E-state index contributed by atoms with van der Waals surface area (Å²) >= 11 is 1.50. The summed E-state index contributed by atoms with van der Waals surface area (Å²) in [5, 5.41) is 8.94. The first-order chi connectivity index (χ1) is 8.05. The number of thioether (sulfide) groups is 1. The monoisotopic (exact) mass is 276 g/mol. The van der Waals surface area contributed by atoms with E-state index < -0.39 is 9.84 Å². The molecule has 1 aliphatic rings. The normalized spacial score (nSPS) is 23.1. The molecule has 96 valence electrons. The van der Waals surface area contributed by atoms with Crippen LogP contribution in [0.1, 0.15) is 19.2 Å². The minimum atomic E-state index is -2.84. The standard InChI is InChI=1S/C9H16N4O2S2/c1-2-13-8(5-10)11-12-9(13)16-7-3-4-17(14,15)6-7/h7H,2-6,10H2,1H3. The fourth-order valence-electron chi connectivity index (χ4n) is 1.88. The molecule has 0 aromatic carbocycles. The van der Waals surface area contributed by atoms with Crippen LogP contribution in [0.4, 0.5) is 0 Å². The van der Waals surface area contributed by atoms with Gasteiger partial charge >= 0.3 is 0 Å². The highest BCUT2D eigenvalue weighted by atomic mass is 32.2. The van der Waals surface area contributed by atoms with Gasteiger partial charge in [0.2, 0.25) is 0 Å². The average molecular weight is 276 g/mol. The number of hydrogen-bond donors (Lipinski definition) is 1. The van der Waals surface area contributed by atoms with Gasteiger partial charge < -0.3 is 10.3 Å². The Bertz CT molecular complexity index is 497. The SMILES string of the molecule is CCn1c(CN)nnc1SC1CCS(=O)(=O)C1. The number of sulfone groups is 1. The van der Waals surface area contributed by atoms with Crippen LogP contribution >= 0.6 is 11.8 Å². The molecule has 0 spiro atoms. The third-order valence-electron chi connectivity index (χ3n) is 2.75. The smallest absolute Gasteiger partial charge is 0.191 e. The topological polar surface area (TPSA) is 90.9 Å². The van der Waals surface area contributed by atoms with Crippen molar-refractivity contribution in [1.82, 2.24) is 14.8 Å². The van der Waals surface area contributed by atoms with Crippen molar-refractivity contribution in [2.75, 3.05) is 11.5 Å². The van der Waals surface area contributed by atoms with Gasteiger partial charge in [0.25, 0.3) is 0 Å². The van der Waals surface area contributed by atoms with Crippen molar-refractivity contribution < 1.29 is 8.42 Å². The molecule has 0 aliphatic carbocycles. The fraction of sp³-hybridized carbons (Fsp3) is 0.778. The Balaban J connectivity index is 2.12. The first-order valence-electron chi connectivity index (χ1n) is 5.55. The number of nitrogens with two attached hydrogens (primary N) is 1. The lowest BCUT2D eigenvalue weighted by molar-refractivity contribution is 0.602. The molecule has 2 N–H and O–H groups in total. The van der Waals surface area contributed by atoms with Crippen LogP contribution in [0, 0.1) is 0 Å². The molecule has 1 atom stereocenters. The molecule has 0 radical (unpaired) electrons. The van der Waals surface area contributed by atoms with Gasteiger partial charge in [0.15, 0.2) is 15.0 Å². The molecule has 1 aliphatic heterocycles. The van der Waals surface area contributed by atoms with Gasteiger partial charge in [-0.25, -0.2) is 8.42 Å². The van der Waals surface area contributed by atoms with Crippen LogP contribution in [-0.4, -0.2) is 39.9 Å². The summed E-state index contributed by atoms with van der Waals surface area (Å²) in [4.78, 5) is 0. The summed E-state index contributed by atoms with van der Waals surface area (Å²) < 4.78 is 24.7. The van der Waals surface area contributed by atoms with Crippen molar-refractivity contribution in [3.63, 3.8) is 0 Å². The first kappa shape index (κ1) is 12.8. The highest BCUT2D eigenvalue weighted by Gasteiger charge is 2.30. The Morgan fingerprint density at radius 1 is 1.53 bits per heavy atom. The molecule has 1 saturated heterocycles. The molecular formula is C9H16N4O2S2. The van der Waals surface area contributed by atoms with Gasteiger partial charge in [-0.2, -0.15) is 0 Å². The number of aromatic nitrogens is 3. The molecule has 1 unspecified atom stereocenters. The van der Waals surface area contributed by atoms with E-state index >= 15 is 0 Å². The Morgan fingerprint density at radius 2 is 2.29 bits per heavy atom. The van der Waals surface area contributed by atoms with E-state index in [2.05, 4.69) is 10.2 Å². The van der Waals surface area contributed by atoms with E-state index in [9.17, 15) is 8.42 Å². The Morgan fingerprint density at radius 3 is 2.82 bits per heavy atom. The van der Waals surface area contributed by atoms with Gasteiger partial charge in [-0.05, 0) is 13.3 Å². The maximum Gasteiger partial charge on any atom is 0.191 e. The molecule has 17 heavy (non-hydrogen) atoms. The second-order valence-corrected chi connectivity index (χ2v) is 7.49. The zero-order chi connectivity index (χ0) is 12.5. The van der Waals surface area contributed by atoms with E-state index in [-0.39, 0.29) is 16.8 Å². The van der Waals surface area contributed by atoms with Gasteiger partial charge in [0.05, 0.1) is 18.1 Å². The fourth-order valence-corrected chi connectivity index (χ4v) is 5.45. The second-order valence-electron chi connectivity index (χ2n) is 3.99. The zero-order valence-corrected chi connectivity index (χ0v) is 11.3. The van der Waals surface area contributed by atoms with Gasteiger partial charge in [-0.3, -0.25) is 0 Å². The highest BCUT2D eigenvalue weighted by Crippen LogP contribution is 2.30. The molecule has 6 nitrogen and oxygen atoms in total. The lowest BCUT2D eigenvalue weighted by atomic mass is 10.4. The Hall–Kier alpha value is -0.600. The van der Waals surface area contributed by atoms with Gasteiger partial charge in [0.1, 0.15) is 5.82 Å². The number of rotatable bonds is 4. The summed E-state index contributed by atoms with van der Waals surface area (Å²) in [5.41, 5.74) is 5.56. The quantitative estimate of drug-likeness (QED) is 0.834. The summed E-state index contributed by atoms with van der Waals surface area (Å²) in [6.45, 7) is 3.10. The zero-order valence-electron chi connectivity index (χ0n) is 9.66. The Kier molecular flexibility index (Phi) is 3.74. The second kappa shape index (κ2) is 4.95. The van der Waals surface area contributed by atoms with Crippen molar-refractivity contribution in [2.24, 2.45) is 5.73 Å². The van der Waals surface area contributed by atoms with E-state index in [1.165, 1.54) is 11.8 Å². The minimum Gasteiger partial charge on any atom is -0.324 e. The first-order valence-corrected chi connectivity index (χ1v) is 8.25. The van der Waals surface area contributed by atoms with Crippen LogP contribution in [0.5, 0.6) is 0 Å². The molecule has 8 heteroatoms. The Labute approximate surface area is 105 Å². The van der Waals surface area contributed by atoms with Crippen LogP contribution in [0.2, 0.25) is 0 Å². The van der Waals surface area contributed by atoms with Crippen molar-refractivity contribution in [3.8, 4) is 0 Å². The van der Waals surface area contributed by atoms with Crippen molar-refractivity contribution in [3.05, 3.63) is 5.82 Å². The lowest BCUT2D eigenvalue weighted by Crippen LogP contribution is -2.10. The molecule has 0 amide bonds. The van der Waals surface area contributed by atoms with Crippen molar-refractivity contribution >= 4 is 21.6 Å². The van der Waals surface area contributed by atoms with E-state index in [4.69, 9.17) is 5.73 Å². The maximum atomic E-state index is 11.4. The summed E-state index contributed by atoms with van der Waals surface area (Å²) in [5.74, 6) is 1.27. The van der Waals surface area contributed by atoms with E-state index in [0.717, 1.165) is 17.5 Å². The van der Waals surface area contributed by atoms with Gasteiger partial charge in [0, 0.05) is 11.8 Å². The van der Waals surface area contributed by atoms with Crippen LogP contribution in [0.3, 0.4) is 0 Å². The van der Waals surface area contributed by atoms with Crippen molar-refractivity contribution in [2.45, 2.75) is 36.8 Å². The third-order valence-corrected chi connectivity index (χ3v) is 5.98. The largest absolute Gasteiger partial charge is 0.324 e. The van der Waals surface area contributed by atoms with Gasteiger partial charge in [-0.15, -0.1) is 10.2 Å². The molecule has 2 heterocycles. The maximum absolute atomic E-state index is 11.4. The molecule has 0 saturated carbocycles. The molecule has 0 bridgehead atoms. The minimum absolute atomic E-state index is 0.0973. The van der Waals surface area contributed by atoms with E-state index in [1.807, 2.05) is 11.5 Å². The molecule has 2 rings (SSSR count). The third kappa shape index (κ3) is 2.80. The summed E-state index contributed by atoms with van der Waals surface area (Å²) in [6, 6.07) is 0. The molecule has 1 aromatic heterocycles. The summed E-state index contributed by atoms with van der Waals surface area (Å²) in [6.07, 6.45) is 0.696.